The highest BCUT2D eigenvalue weighted by Gasteiger charge is 2.28. The van der Waals surface area contributed by atoms with Gasteiger partial charge in [-0.1, -0.05) is 30.3 Å². The van der Waals surface area contributed by atoms with Crippen LogP contribution in [0.5, 0.6) is 0 Å². The van der Waals surface area contributed by atoms with Crippen LogP contribution in [-0.4, -0.2) is 59.2 Å². The molecule has 0 spiro atoms. The summed E-state index contributed by atoms with van der Waals surface area (Å²) in [4.78, 5) is 28.6. The number of halogens is 1. The Bertz CT molecular complexity index is 1120. The highest BCUT2D eigenvalue weighted by molar-refractivity contribution is 5.86. The van der Waals surface area contributed by atoms with Crippen LogP contribution in [0.4, 0.5) is 9.18 Å². The Kier molecular flexibility index (Phi) is 6.44. The van der Waals surface area contributed by atoms with Crippen molar-refractivity contribution < 1.29 is 18.7 Å². The lowest BCUT2D eigenvalue weighted by Gasteiger charge is -2.34. The summed E-state index contributed by atoms with van der Waals surface area (Å²) < 4.78 is 21.2. The van der Waals surface area contributed by atoms with Crippen LogP contribution in [0, 0.1) is 5.82 Å². The first-order valence-electron chi connectivity index (χ1n) is 11.0. The van der Waals surface area contributed by atoms with Crippen LogP contribution >= 0.6 is 0 Å². The van der Waals surface area contributed by atoms with Gasteiger partial charge in [-0.2, -0.15) is 0 Å². The first-order valence-corrected chi connectivity index (χ1v) is 11.0. The smallest absolute Gasteiger partial charge is 0.409 e. The zero-order chi connectivity index (χ0) is 22.7. The number of piperazine rings is 1. The molecular formula is C25H28FN3O3. The van der Waals surface area contributed by atoms with Crippen LogP contribution in [0.15, 0.2) is 54.7 Å². The van der Waals surface area contributed by atoms with Crippen LogP contribution in [0.2, 0.25) is 0 Å². The first-order chi connectivity index (χ1) is 15.5. The summed E-state index contributed by atoms with van der Waals surface area (Å²) in [6.45, 7) is 3.93. The SMILES string of the molecule is CCOC(=O)N1CCN(C(=O)C[C@H](c2cccc(F)c2)c2cn(C)c3ccccc23)CC1. The van der Waals surface area contributed by atoms with E-state index >= 15 is 0 Å². The molecular weight excluding hydrogens is 409 g/mol. The predicted octanol–water partition coefficient (Wildman–Crippen LogP) is 4.14. The molecule has 0 N–H and O–H groups in total. The Labute approximate surface area is 187 Å². The third-order valence-electron chi connectivity index (χ3n) is 6.09. The molecule has 0 bridgehead atoms. The second kappa shape index (κ2) is 9.42. The van der Waals surface area contributed by atoms with Crippen molar-refractivity contribution in [2.75, 3.05) is 32.8 Å². The molecule has 7 heteroatoms. The summed E-state index contributed by atoms with van der Waals surface area (Å²) in [6.07, 6.45) is 1.93. The van der Waals surface area contributed by atoms with Crippen molar-refractivity contribution >= 4 is 22.9 Å². The molecule has 0 unspecified atom stereocenters. The minimum atomic E-state index is -0.340. The van der Waals surface area contributed by atoms with Gasteiger partial charge in [-0.25, -0.2) is 9.18 Å². The number of ether oxygens (including phenoxy) is 1. The van der Waals surface area contributed by atoms with Gasteiger partial charge in [0.1, 0.15) is 5.82 Å². The largest absolute Gasteiger partial charge is 0.450 e. The molecule has 1 atom stereocenters. The molecule has 6 nitrogen and oxygen atoms in total. The lowest BCUT2D eigenvalue weighted by Crippen LogP contribution is -2.50. The molecule has 3 aromatic rings. The van der Waals surface area contributed by atoms with E-state index in [-0.39, 0.29) is 30.2 Å². The summed E-state index contributed by atoms with van der Waals surface area (Å²) in [5.74, 6) is -0.591. The lowest BCUT2D eigenvalue weighted by molar-refractivity contribution is -0.133. The molecule has 0 saturated carbocycles. The number of amides is 2. The van der Waals surface area contributed by atoms with Crippen molar-refractivity contribution in [2.45, 2.75) is 19.3 Å². The highest BCUT2D eigenvalue weighted by atomic mass is 19.1. The van der Waals surface area contributed by atoms with Gasteiger partial charge in [-0.05, 0) is 36.2 Å². The molecule has 2 aromatic carbocycles. The van der Waals surface area contributed by atoms with Gasteiger partial charge >= 0.3 is 6.09 Å². The number of para-hydroxylation sites is 1. The van der Waals surface area contributed by atoms with E-state index in [1.54, 1.807) is 22.8 Å². The first kappa shape index (κ1) is 21.9. The molecule has 0 aliphatic carbocycles. The van der Waals surface area contributed by atoms with Crippen LogP contribution in [0.25, 0.3) is 10.9 Å². The van der Waals surface area contributed by atoms with Gasteiger partial charge in [-0.3, -0.25) is 4.79 Å². The quantitative estimate of drug-likeness (QED) is 0.603. The number of rotatable bonds is 5. The van der Waals surface area contributed by atoms with Crippen molar-refractivity contribution in [3.8, 4) is 0 Å². The van der Waals surface area contributed by atoms with E-state index < -0.39 is 0 Å². The van der Waals surface area contributed by atoms with Gasteiger partial charge in [0.2, 0.25) is 5.91 Å². The van der Waals surface area contributed by atoms with E-state index in [9.17, 15) is 14.0 Å². The number of aromatic nitrogens is 1. The summed E-state index contributed by atoms with van der Waals surface area (Å²) in [6, 6.07) is 14.5. The van der Waals surface area contributed by atoms with Crippen LogP contribution < -0.4 is 0 Å². The van der Waals surface area contributed by atoms with Crippen molar-refractivity contribution in [1.82, 2.24) is 14.4 Å². The Hall–Kier alpha value is -3.35. The summed E-state index contributed by atoms with van der Waals surface area (Å²) in [5, 5.41) is 1.06. The second-order valence-electron chi connectivity index (χ2n) is 8.09. The average molecular weight is 438 g/mol. The summed E-state index contributed by atoms with van der Waals surface area (Å²) in [5.41, 5.74) is 2.85. The van der Waals surface area contributed by atoms with Gasteiger partial charge in [0.15, 0.2) is 0 Å². The predicted molar refractivity (Wildman–Crippen MR) is 121 cm³/mol. The molecule has 2 amide bonds. The Morgan fingerprint density at radius 2 is 1.75 bits per heavy atom. The monoisotopic (exact) mass is 437 g/mol. The highest BCUT2D eigenvalue weighted by Crippen LogP contribution is 2.35. The normalized spacial score (nSPS) is 15.1. The van der Waals surface area contributed by atoms with E-state index in [4.69, 9.17) is 4.74 Å². The molecule has 2 heterocycles. The molecule has 1 aliphatic rings. The number of carbonyl (C=O) groups excluding carboxylic acids is 2. The fourth-order valence-corrected chi connectivity index (χ4v) is 4.44. The zero-order valence-electron chi connectivity index (χ0n) is 18.5. The maximum atomic E-state index is 14.1. The maximum Gasteiger partial charge on any atom is 0.409 e. The molecule has 1 aromatic heterocycles. The Morgan fingerprint density at radius 1 is 1.03 bits per heavy atom. The molecule has 1 fully saturated rings. The molecule has 32 heavy (non-hydrogen) atoms. The number of benzene rings is 2. The minimum absolute atomic E-state index is 0.00398. The third-order valence-corrected chi connectivity index (χ3v) is 6.09. The van der Waals surface area contributed by atoms with Crippen LogP contribution in [0.3, 0.4) is 0 Å². The van der Waals surface area contributed by atoms with Gasteiger partial charge in [0.25, 0.3) is 0 Å². The van der Waals surface area contributed by atoms with E-state index in [1.165, 1.54) is 12.1 Å². The minimum Gasteiger partial charge on any atom is -0.450 e. The lowest BCUT2D eigenvalue weighted by atomic mass is 9.87. The summed E-state index contributed by atoms with van der Waals surface area (Å²) in [7, 11) is 1.98. The maximum absolute atomic E-state index is 14.1. The number of hydrogen-bond donors (Lipinski definition) is 0. The van der Waals surface area contributed by atoms with Crippen molar-refractivity contribution in [3.63, 3.8) is 0 Å². The number of nitrogens with zero attached hydrogens (tertiary/aromatic N) is 3. The van der Waals surface area contributed by atoms with Crippen LogP contribution in [0.1, 0.15) is 30.4 Å². The number of aryl methyl sites for hydroxylation is 1. The molecule has 168 valence electrons. The van der Waals surface area contributed by atoms with Gasteiger partial charge in [0, 0.05) is 62.7 Å². The van der Waals surface area contributed by atoms with Crippen molar-refractivity contribution in [2.24, 2.45) is 7.05 Å². The number of carbonyl (C=O) groups is 2. The zero-order valence-corrected chi connectivity index (χ0v) is 18.5. The number of hydrogen-bond acceptors (Lipinski definition) is 3. The summed E-state index contributed by atoms with van der Waals surface area (Å²) >= 11 is 0. The van der Waals surface area contributed by atoms with Crippen LogP contribution in [-0.2, 0) is 16.6 Å². The van der Waals surface area contributed by atoms with Gasteiger partial charge in [-0.15, -0.1) is 0 Å². The fraction of sp³-hybridized carbons (Fsp3) is 0.360. The average Bonchev–Trinajstić information content (AvgIpc) is 3.14. The van der Waals surface area contributed by atoms with E-state index in [2.05, 4.69) is 0 Å². The molecule has 1 saturated heterocycles. The van der Waals surface area contributed by atoms with Gasteiger partial charge in [0.05, 0.1) is 6.61 Å². The second-order valence-corrected chi connectivity index (χ2v) is 8.09. The van der Waals surface area contributed by atoms with E-state index in [0.717, 1.165) is 22.0 Å². The molecule has 4 rings (SSSR count). The number of fused-ring (bicyclic) bond motifs is 1. The van der Waals surface area contributed by atoms with E-state index in [0.29, 0.717) is 32.8 Å². The van der Waals surface area contributed by atoms with Crippen molar-refractivity contribution in [1.29, 1.82) is 0 Å². The molecule has 0 radical (unpaired) electrons. The topological polar surface area (TPSA) is 54.8 Å². The fourth-order valence-electron chi connectivity index (χ4n) is 4.44. The van der Waals surface area contributed by atoms with E-state index in [1.807, 2.05) is 48.1 Å². The third kappa shape index (κ3) is 4.47. The molecule has 1 aliphatic heterocycles. The standard InChI is InChI=1S/C25H28FN3O3/c1-3-32-25(31)29-13-11-28(12-14-29)24(30)16-21(18-7-6-8-19(26)15-18)22-17-27(2)23-10-5-4-9-20(22)23/h4-10,15,17,21H,3,11-14,16H2,1-2H3/t21-/m1/s1. The van der Waals surface area contributed by atoms with Crippen molar-refractivity contribution in [3.05, 3.63) is 71.7 Å². The Balaban J connectivity index is 1.58. The van der Waals surface area contributed by atoms with Gasteiger partial charge < -0.3 is 19.1 Å². The Morgan fingerprint density at radius 3 is 2.47 bits per heavy atom.